The van der Waals surface area contributed by atoms with Crippen LogP contribution in [0.2, 0.25) is 0 Å². The van der Waals surface area contributed by atoms with Crippen molar-refractivity contribution in [2.24, 2.45) is 0 Å². The van der Waals surface area contributed by atoms with Gasteiger partial charge >= 0.3 is 6.18 Å². The molecule has 2 aliphatic heterocycles. The normalized spacial score (nSPS) is 16.3. The van der Waals surface area contributed by atoms with Gasteiger partial charge in [0.25, 0.3) is 0 Å². The van der Waals surface area contributed by atoms with Gasteiger partial charge in [0.15, 0.2) is 11.5 Å². The molecule has 0 aliphatic carbocycles. The summed E-state index contributed by atoms with van der Waals surface area (Å²) in [5.74, 6) is 0.611. The van der Waals surface area contributed by atoms with Gasteiger partial charge in [-0.15, -0.1) is 0 Å². The molecule has 1 N–H and O–H groups in total. The second-order valence-electron chi connectivity index (χ2n) is 7.64. The third kappa shape index (κ3) is 5.64. The van der Waals surface area contributed by atoms with Gasteiger partial charge in [-0.1, -0.05) is 18.2 Å². The molecule has 174 valence electrons. The summed E-state index contributed by atoms with van der Waals surface area (Å²) in [6, 6.07) is 10.3. The summed E-state index contributed by atoms with van der Waals surface area (Å²) in [5, 5.41) is 2.34. The summed E-state index contributed by atoms with van der Waals surface area (Å²) in [7, 11) is 0. The number of amides is 2. The first-order valence-corrected chi connectivity index (χ1v) is 10.3. The van der Waals surface area contributed by atoms with E-state index in [2.05, 4.69) is 5.32 Å². The van der Waals surface area contributed by atoms with Gasteiger partial charge < -0.3 is 19.7 Å². The van der Waals surface area contributed by atoms with E-state index in [1.165, 1.54) is 24.3 Å². The smallest absolute Gasteiger partial charge is 0.418 e. The molecule has 1 fully saturated rings. The zero-order valence-corrected chi connectivity index (χ0v) is 17.6. The minimum Gasteiger partial charge on any atom is -0.454 e. The molecule has 2 aliphatic rings. The zero-order valence-electron chi connectivity index (χ0n) is 17.6. The van der Waals surface area contributed by atoms with E-state index in [0.29, 0.717) is 37.7 Å². The highest BCUT2D eigenvalue weighted by Crippen LogP contribution is 2.34. The Morgan fingerprint density at radius 2 is 1.73 bits per heavy atom. The quantitative estimate of drug-likeness (QED) is 0.693. The van der Waals surface area contributed by atoms with Crippen LogP contribution in [0.5, 0.6) is 11.5 Å². The van der Waals surface area contributed by atoms with Gasteiger partial charge in [0.1, 0.15) is 0 Å². The number of alkyl halides is 3. The molecular weight excluding hydrogens is 439 g/mol. The lowest BCUT2D eigenvalue weighted by Crippen LogP contribution is -2.50. The van der Waals surface area contributed by atoms with E-state index in [-0.39, 0.29) is 24.9 Å². The number of piperazine rings is 1. The average molecular weight is 461 g/mol. The van der Waals surface area contributed by atoms with E-state index >= 15 is 0 Å². The Morgan fingerprint density at radius 3 is 2.48 bits per heavy atom. The molecule has 0 unspecified atom stereocenters. The number of anilines is 1. The number of rotatable bonds is 5. The molecule has 2 aromatic rings. The molecule has 0 bridgehead atoms. The topological polar surface area (TPSA) is 71.1 Å². The van der Waals surface area contributed by atoms with Crippen LogP contribution in [0.25, 0.3) is 6.08 Å². The first kappa shape index (κ1) is 22.7. The number of carbonyl (C=O) groups excluding carboxylic acids is 2. The Hall–Kier alpha value is -3.53. The Morgan fingerprint density at radius 1 is 1.00 bits per heavy atom. The van der Waals surface area contributed by atoms with Crippen molar-refractivity contribution < 1.29 is 32.2 Å². The first-order valence-electron chi connectivity index (χ1n) is 10.3. The molecule has 0 spiro atoms. The summed E-state index contributed by atoms with van der Waals surface area (Å²) < 4.78 is 49.8. The maximum Gasteiger partial charge on any atom is 0.418 e. The van der Waals surface area contributed by atoms with Gasteiger partial charge in [-0.3, -0.25) is 14.5 Å². The summed E-state index contributed by atoms with van der Waals surface area (Å²) in [4.78, 5) is 28.2. The monoisotopic (exact) mass is 461 g/mol. The molecule has 0 atom stereocenters. The molecule has 0 aromatic heterocycles. The maximum atomic E-state index is 13.1. The second kappa shape index (κ2) is 9.53. The van der Waals surface area contributed by atoms with Gasteiger partial charge in [0, 0.05) is 32.3 Å². The zero-order chi connectivity index (χ0) is 23.4. The summed E-state index contributed by atoms with van der Waals surface area (Å²) in [5.41, 5.74) is -0.345. The van der Waals surface area contributed by atoms with E-state index in [4.69, 9.17) is 9.47 Å². The minimum absolute atomic E-state index is 0.0543. The van der Waals surface area contributed by atoms with E-state index in [1.54, 1.807) is 28.0 Å². The van der Waals surface area contributed by atoms with Crippen LogP contribution < -0.4 is 14.8 Å². The molecule has 2 amide bonds. The van der Waals surface area contributed by atoms with Gasteiger partial charge in [-0.05, 0) is 35.9 Å². The SMILES string of the molecule is O=C(CN1CCN(C(=O)/C=C/c2ccc3c(c2)OCO3)CC1)Nc1ccccc1C(F)(F)F. The van der Waals surface area contributed by atoms with Crippen molar-refractivity contribution in [3.63, 3.8) is 0 Å². The fraction of sp³-hybridized carbons (Fsp3) is 0.304. The molecule has 1 saturated heterocycles. The highest BCUT2D eigenvalue weighted by atomic mass is 19.4. The molecular formula is C23H22F3N3O4. The molecule has 0 saturated carbocycles. The number of carbonyl (C=O) groups is 2. The lowest BCUT2D eigenvalue weighted by atomic mass is 10.1. The third-order valence-electron chi connectivity index (χ3n) is 5.37. The molecule has 0 radical (unpaired) electrons. The van der Waals surface area contributed by atoms with Crippen molar-refractivity contribution >= 4 is 23.6 Å². The number of ether oxygens (including phenoxy) is 2. The summed E-state index contributed by atoms with van der Waals surface area (Å²) >= 11 is 0. The maximum absolute atomic E-state index is 13.1. The van der Waals surface area contributed by atoms with Gasteiger partial charge in [-0.25, -0.2) is 0 Å². The Labute approximate surface area is 188 Å². The average Bonchev–Trinajstić information content (AvgIpc) is 3.25. The van der Waals surface area contributed by atoms with Crippen LogP contribution in [-0.2, 0) is 15.8 Å². The highest BCUT2D eigenvalue weighted by molar-refractivity contribution is 5.93. The largest absolute Gasteiger partial charge is 0.454 e. The predicted molar refractivity (Wildman–Crippen MR) is 115 cm³/mol. The molecule has 2 heterocycles. The fourth-order valence-corrected chi connectivity index (χ4v) is 3.65. The number of para-hydroxylation sites is 1. The Kier molecular flexibility index (Phi) is 6.55. The second-order valence-corrected chi connectivity index (χ2v) is 7.64. The van der Waals surface area contributed by atoms with Gasteiger partial charge in [0.2, 0.25) is 18.6 Å². The van der Waals surface area contributed by atoms with Gasteiger partial charge in [0.05, 0.1) is 17.8 Å². The van der Waals surface area contributed by atoms with Crippen molar-refractivity contribution in [2.75, 3.05) is 44.8 Å². The summed E-state index contributed by atoms with van der Waals surface area (Å²) in [6.07, 6.45) is -1.37. The van der Waals surface area contributed by atoms with Crippen LogP contribution in [0.4, 0.5) is 18.9 Å². The molecule has 33 heavy (non-hydrogen) atoms. The number of benzene rings is 2. The number of nitrogens with one attached hydrogen (secondary N) is 1. The van der Waals surface area contributed by atoms with Crippen molar-refractivity contribution in [3.05, 3.63) is 59.7 Å². The van der Waals surface area contributed by atoms with E-state index in [0.717, 1.165) is 11.6 Å². The van der Waals surface area contributed by atoms with E-state index in [9.17, 15) is 22.8 Å². The van der Waals surface area contributed by atoms with Crippen LogP contribution in [0.3, 0.4) is 0 Å². The Balaban J connectivity index is 1.26. The van der Waals surface area contributed by atoms with Crippen molar-refractivity contribution in [1.82, 2.24) is 9.80 Å². The highest BCUT2D eigenvalue weighted by Gasteiger charge is 2.33. The number of halogens is 3. The molecule has 2 aromatic carbocycles. The predicted octanol–water partition coefficient (Wildman–Crippen LogP) is 3.23. The molecule has 7 nitrogen and oxygen atoms in total. The van der Waals surface area contributed by atoms with Crippen LogP contribution in [0.1, 0.15) is 11.1 Å². The number of hydrogen-bond donors (Lipinski definition) is 1. The van der Waals surface area contributed by atoms with Crippen molar-refractivity contribution in [2.45, 2.75) is 6.18 Å². The van der Waals surface area contributed by atoms with Crippen molar-refractivity contribution in [1.29, 1.82) is 0 Å². The van der Waals surface area contributed by atoms with E-state index in [1.807, 2.05) is 6.07 Å². The third-order valence-corrected chi connectivity index (χ3v) is 5.37. The standard InChI is InChI=1S/C23H22F3N3O4/c24-23(25,26)17-3-1-2-4-18(17)27-21(30)14-28-9-11-29(12-10-28)22(31)8-6-16-5-7-19-20(13-16)33-15-32-19/h1-8,13H,9-12,14-15H2,(H,27,30)/b8-6+. The van der Waals surface area contributed by atoms with Crippen molar-refractivity contribution in [3.8, 4) is 11.5 Å². The van der Waals surface area contributed by atoms with Crippen LogP contribution in [0, 0.1) is 0 Å². The fourth-order valence-electron chi connectivity index (χ4n) is 3.65. The van der Waals surface area contributed by atoms with Gasteiger partial charge in [-0.2, -0.15) is 13.2 Å². The van der Waals surface area contributed by atoms with E-state index < -0.39 is 17.6 Å². The lowest BCUT2D eigenvalue weighted by molar-refractivity contribution is -0.137. The number of fused-ring (bicyclic) bond motifs is 1. The molecule has 4 rings (SSSR count). The lowest BCUT2D eigenvalue weighted by Gasteiger charge is -2.33. The first-order chi connectivity index (χ1) is 15.8. The number of hydrogen-bond acceptors (Lipinski definition) is 5. The molecule has 10 heteroatoms. The van der Waals surface area contributed by atoms with Crippen LogP contribution >= 0.6 is 0 Å². The summed E-state index contributed by atoms with van der Waals surface area (Å²) in [6.45, 7) is 1.84. The van der Waals surface area contributed by atoms with Crippen LogP contribution in [0.15, 0.2) is 48.5 Å². The number of nitrogens with zero attached hydrogens (tertiary/aromatic N) is 2. The Bertz CT molecular complexity index is 1060. The minimum atomic E-state index is -4.55. The van der Waals surface area contributed by atoms with Crippen LogP contribution in [-0.4, -0.2) is 61.1 Å².